The molecule has 3 heteroatoms. The summed E-state index contributed by atoms with van der Waals surface area (Å²) in [6, 6.07) is 8.29. The third kappa shape index (κ3) is 4.33. The van der Waals surface area contributed by atoms with Gasteiger partial charge in [0.05, 0.1) is 0 Å². The molecular weight excluding hydrogens is 254 g/mol. The Bertz CT molecular complexity index is 291. The molecule has 0 bridgehead atoms. The van der Waals surface area contributed by atoms with E-state index in [1.807, 2.05) is 6.07 Å². The minimum Gasteiger partial charge on any atom is -0.385 e. The Morgan fingerprint density at radius 1 is 1.40 bits per heavy atom. The molecule has 0 aliphatic rings. The predicted molar refractivity (Wildman–Crippen MR) is 66.9 cm³/mol. The molecule has 2 nitrogen and oxygen atoms in total. The third-order valence-electron chi connectivity index (χ3n) is 2.53. The summed E-state index contributed by atoms with van der Waals surface area (Å²) in [7, 11) is 1.73. The van der Waals surface area contributed by atoms with Crippen LogP contribution in [0.25, 0.3) is 0 Å². The predicted octanol–water partition coefficient (Wildman–Crippen LogP) is 2.60. The molecule has 0 aliphatic heterocycles. The Hall–Kier alpha value is -0.380. The number of rotatable bonds is 6. The van der Waals surface area contributed by atoms with E-state index in [9.17, 15) is 0 Å². The molecule has 0 saturated carbocycles. The fourth-order valence-corrected chi connectivity index (χ4v) is 2.01. The van der Waals surface area contributed by atoms with Gasteiger partial charge in [0.15, 0.2) is 0 Å². The molecule has 0 aliphatic carbocycles. The van der Waals surface area contributed by atoms with Gasteiger partial charge in [-0.1, -0.05) is 34.1 Å². The normalized spacial score (nSPS) is 12.7. The van der Waals surface area contributed by atoms with Gasteiger partial charge in [0.25, 0.3) is 0 Å². The zero-order valence-electron chi connectivity index (χ0n) is 9.08. The molecule has 0 heterocycles. The molecule has 0 spiro atoms. The highest BCUT2D eigenvalue weighted by Gasteiger charge is 2.09. The van der Waals surface area contributed by atoms with Crippen molar-refractivity contribution in [1.29, 1.82) is 0 Å². The summed E-state index contributed by atoms with van der Waals surface area (Å²) >= 11 is 3.55. The smallest absolute Gasteiger partial charge is 0.0465 e. The maximum absolute atomic E-state index is 5.74. The van der Waals surface area contributed by atoms with Crippen LogP contribution in [-0.4, -0.2) is 20.3 Å². The number of methoxy groups -OCH3 is 1. The van der Waals surface area contributed by atoms with Crippen LogP contribution in [0.2, 0.25) is 0 Å². The molecule has 2 N–H and O–H groups in total. The molecule has 84 valence electrons. The summed E-state index contributed by atoms with van der Waals surface area (Å²) in [6.45, 7) is 1.50. The van der Waals surface area contributed by atoms with E-state index in [0.29, 0.717) is 12.5 Å². The van der Waals surface area contributed by atoms with Crippen molar-refractivity contribution in [3.8, 4) is 0 Å². The zero-order valence-corrected chi connectivity index (χ0v) is 10.7. The topological polar surface area (TPSA) is 35.2 Å². The minimum atomic E-state index is 0.503. The summed E-state index contributed by atoms with van der Waals surface area (Å²) in [5.74, 6) is 0.503. The average Bonchev–Trinajstić information content (AvgIpc) is 2.26. The van der Waals surface area contributed by atoms with Crippen LogP contribution in [0.4, 0.5) is 0 Å². The molecule has 0 radical (unpaired) electrons. The second-order valence-electron chi connectivity index (χ2n) is 3.68. The van der Waals surface area contributed by atoms with Gasteiger partial charge in [-0.05, 0) is 36.9 Å². The van der Waals surface area contributed by atoms with E-state index in [-0.39, 0.29) is 0 Å². The third-order valence-corrected chi connectivity index (χ3v) is 3.30. The number of nitrogens with two attached hydrogens (primary N) is 1. The van der Waals surface area contributed by atoms with Crippen molar-refractivity contribution in [2.75, 3.05) is 20.3 Å². The van der Waals surface area contributed by atoms with E-state index in [1.54, 1.807) is 7.11 Å². The second kappa shape index (κ2) is 6.99. The van der Waals surface area contributed by atoms with Crippen LogP contribution >= 0.6 is 15.9 Å². The first-order valence-corrected chi connectivity index (χ1v) is 5.99. The summed E-state index contributed by atoms with van der Waals surface area (Å²) in [5.41, 5.74) is 7.06. The van der Waals surface area contributed by atoms with Crippen molar-refractivity contribution < 1.29 is 4.74 Å². The van der Waals surface area contributed by atoms with Gasteiger partial charge in [0.2, 0.25) is 0 Å². The SMILES string of the molecule is COCCC(CN)Cc1ccccc1Br. The molecule has 0 saturated heterocycles. The van der Waals surface area contributed by atoms with Gasteiger partial charge in [0, 0.05) is 18.2 Å². The van der Waals surface area contributed by atoms with Crippen molar-refractivity contribution >= 4 is 15.9 Å². The lowest BCUT2D eigenvalue weighted by Crippen LogP contribution is -2.18. The first kappa shape index (κ1) is 12.7. The highest BCUT2D eigenvalue weighted by atomic mass is 79.9. The lowest BCUT2D eigenvalue weighted by atomic mass is 9.97. The Morgan fingerprint density at radius 2 is 2.13 bits per heavy atom. The van der Waals surface area contributed by atoms with E-state index in [0.717, 1.165) is 19.4 Å². The van der Waals surface area contributed by atoms with Gasteiger partial charge in [0.1, 0.15) is 0 Å². The van der Waals surface area contributed by atoms with E-state index in [1.165, 1.54) is 10.0 Å². The second-order valence-corrected chi connectivity index (χ2v) is 4.53. The molecule has 1 atom stereocenters. The molecular formula is C12H18BrNO. The van der Waals surface area contributed by atoms with Crippen LogP contribution in [0.1, 0.15) is 12.0 Å². The molecule has 1 aromatic rings. The number of hydrogen-bond acceptors (Lipinski definition) is 2. The van der Waals surface area contributed by atoms with Crippen molar-refractivity contribution in [3.63, 3.8) is 0 Å². The fourth-order valence-electron chi connectivity index (χ4n) is 1.56. The standard InChI is InChI=1S/C12H18BrNO/c1-15-7-6-10(9-14)8-11-4-2-3-5-12(11)13/h2-5,10H,6-9,14H2,1H3. The first-order valence-electron chi connectivity index (χ1n) is 5.20. The molecule has 0 aromatic heterocycles. The quantitative estimate of drug-likeness (QED) is 0.864. The number of halogens is 1. The van der Waals surface area contributed by atoms with Crippen LogP contribution in [0, 0.1) is 5.92 Å². The van der Waals surface area contributed by atoms with Crippen LogP contribution in [0.3, 0.4) is 0 Å². The van der Waals surface area contributed by atoms with Crippen LogP contribution < -0.4 is 5.73 Å². The maximum atomic E-state index is 5.74. The highest BCUT2D eigenvalue weighted by Crippen LogP contribution is 2.20. The maximum Gasteiger partial charge on any atom is 0.0465 e. The van der Waals surface area contributed by atoms with E-state index in [2.05, 4.69) is 34.1 Å². The number of ether oxygens (including phenoxy) is 1. The first-order chi connectivity index (χ1) is 7.27. The zero-order chi connectivity index (χ0) is 11.1. The average molecular weight is 272 g/mol. The highest BCUT2D eigenvalue weighted by molar-refractivity contribution is 9.10. The van der Waals surface area contributed by atoms with Gasteiger partial charge >= 0.3 is 0 Å². The van der Waals surface area contributed by atoms with Gasteiger partial charge in [-0.25, -0.2) is 0 Å². The van der Waals surface area contributed by atoms with E-state index >= 15 is 0 Å². The summed E-state index contributed by atoms with van der Waals surface area (Å²) in [4.78, 5) is 0. The monoisotopic (exact) mass is 271 g/mol. The van der Waals surface area contributed by atoms with Crippen LogP contribution in [0.5, 0.6) is 0 Å². The Kier molecular flexibility index (Phi) is 5.91. The molecule has 1 aromatic carbocycles. The van der Waals surface area contributed by atoms with Crippen molar-refractivity contribution in [3.05, 3.63) is 34.3 Å². The van der Waals surface area contributed by atoms with Crippen molar-refractivity contribution in [2.45, 2.75) is 12.8 Å². The number of hydrogen-bond donors (Lipinski definition) is 1. The molecule has 0 amide bonds. The lowest BCUT2D eigenvalue weighted by Gasteiger charge is -2.15. The Morgan fingerprint density at radius 3 is 2.73 bits per heavy atom. The summed E-state index contributed by atoms with van der Waals surface area (Å²) < 4.78 is 6.24. The minimum absolute atomic E-state index is 0.503. The molecule has 1 unspecified atom stereocenters. The molecule has 15 heavy (non-hydrogen) atoms. The fraction of sp³-hybridized carbons (Fsp3) is 0.500. The summed E-state index contributed by atoms with van der Waals surface area (Å²) in [5, 5.41) is 0. The Balaban J connectivity index is 2.54. The van der Waals surface area contributed by atoms with Crippen molar-refractivity contribution in [2.24, 2.45) is 11.7 Å². The lowest BCUT2D eigenvalue weighted by molar-refractivity contribution is 0.178. The summed E-state index contributed by atoms with van der Waals surface area (Å²) in [6.07, 6.45) is 2.04. The molecule has 0 fully saturated rings. The van der Waals surface area contributed by atoms with Gasteiger partial charge in [-0.2, -0.15) is 0 Å². The molecule has 1 rings (SSSR count). The van der Waals surface area contributed by atoms with Crippen molar-refractivity contribution in [1.82, 2.24) is 0 Å². The largest absolute Gasteiger partial charge is 0.385 e. The van der Waals surface area contributed by atoms with E-state index in [4.69, 9.17) is 10.5 Å². The van der Waals surface area contributed by atoms with Gasteiger partial charge in [-0.3, -0.25) is 0 Å². The van der Waals surface area contributed by atoms with Crippen LogP contribution in [-0.2, 0) is 11.2 Å². The van der Waals surface area contributed by atoms with Gasteiger partial charge in [-0.15, -0.1) is 0 Å². The Labute approximate surface area is 99.9 Å². The van der Waals surface area contributed by atoms with E-state index < -0.39 is 0 Å². The van der Waals surface area contributed by atoms with Gasteiger partial charge < -0.3 is 10.5 Å². The number of benzene rings is 1. The van der Waals surface area contributed by atoms with Crippen LogP contribution in [0.15, 0.2) is 28.7 Å².